The minimum Gasteiger partial charge on any atom is -0.345 e. The van der Waals surface area contributed by atoms with Crippen molar-refractivity contribution in [3.05, 3.63) is 45.7 Å². The number of anilines is 2. The zero-order valence-corrected chi connectivity index (χ0v) is 13.7. The highest BCUT2D eigenvalue weighted by molar-refractivity contribution is 9.10. The van der Waals surface area contributed by atoms with E-state index >= 15 is 0 Å². The fraction of sp³-hybridized carbons (Fsp3) is 0.143. The van der Waals surface area contributed by atoms with Gasteiger partial charge in [0, 0.05) is 30.3 Å². The summed E-state index contributed by atoms with van der Waals surface area (Å²) in [5.41, 5.74) is 1.57. The van der Waals surface area contributed by atoms with Crippen LogP contribution in [0.15, 0.2) is 34.9 Å². The topological polar surface area (TPSA) is 63.1 Å². The second-order valence-electron chi connectivity index (χ2n) is 4.48. The minimum atomic E-state index is -0.244. The van der Waals surface area contributed by atoms with Crippen molar-refractivity contribution in [3.63, 3.8) is 0 Å². The Bertz CT molecular complexity index is 712. The highest BCUT2D eigenvalue weighted by Gasteiger charge is 2.12. The summed E-state index contributed by atoms with van der Waals surface area (Å²) >= 11 is 9.38. The molecule has 0 bridgehead atoms. The van der Waals surface area contributed by atoms with Gasteiger partial charge in [-0.05, 0) is 40.2 Å². The van der Waals surface area contributed by atoms with Crippen LogP contribution in [0.1, 0.15) is 17.4 Å². The average molecular weight is 371 g/mol. The van der Waals surface area contributed by atoms with Gasteiger partial charge < -0.3 is 15.2 Å². The van der Waals surface area contributed by atoms with Crippen LogP contribution in [0.2, 0.25) is 5.02 Å². The number of aromatic nitrogens is 1. The number of halogens is 2. The molecule has 0 atom stereocenters. The molecule has 21 heavy (non-hydrogen) atoms. The van der Waals surface area contributed by atoms with E-state index in [0.717, 1.165) is 4.47 Å². The average Bonchev–Trinajstić information content (AvgIpc) is 2.71. The molecule has 2 rings (SSSR count). The summed E-state index contributed by atoms with van der Waals surface area (Å²) in [5.74, 6) is -0.450. The van der Waals surface area contributed by atoms with Crippen molar-refractivity contribution in [1.29, 1.82) is 0 Å². The molecule has 0 saturated carbocycles. The normalized spacial score (nSPS) is 10.3. The lowest BCUT2D eigenvalue weighted by Crippen LogP contribution is -2.15. The van der Waals surface area contributed by atoms with Gasteiger partial charge in [0.05, 0.1) is 10.7 Å². The summed E-state index contributed by atoms with van der Waals surface area (Å²) in [4.78, 5) is 23.2. The molecule has 5 nitrogen and oxygen atoms in total. The molecule has 2 amide bonds. The first kappa shape index (κ1) is 15.6. The second kappa shape index (κ2) is 6.32. The predicted octanol–water partition coefficient (Wildman–Crippen LogP) is 3.65. The Balaban J connectivity index is 2.16. The maximum atomic E-state index is 12.2. The molecule has 0 aliphatic heterocycles. The van der Waals surface area contributed by atoms with E-state index < -0.39 is 0 Å². The Morgan fingerprint density at radius 3 is 2.48 bits per heavy atom. The van der Waals surface area contributed by atoms with E-state index in [4.69, 9.17) is 11.6 Å². The third kappa shape index (κ3) is 3.86. The van der Waals surface area contributed by atoms with Gasteiger partial charge in [0.1, 0.15) is 5.69 Å². The highest BCUT2D eigenvalue weighted by Crippen LogP contribution is 2.26. The molecule has 2 N–H and O–H groups in total. The second-order valence-corrected chi connectivity index (χ2v) is 5.81. The number of carbonyl (C=O) groups excluding carboxylic acids is 2. The molecule has 7 heteroatoms. The zero-order chi connectivity index (χ0) is 15.6. The molecule has 110 valence electrons. The van der Waals surface area contributed by atoms with Gasteiger partial charge in [-0.25, -0.2) is 0 Å². The summed E-state index contributed by atoms with van der Waals surface area (Å²) in [6.07, 6.45) is 1.79. The van der Waals surface area contributed by atoms with Gasteiger partial charge in [-0.15, -0.1) is 0 Å². The van der Waals surface area contributed by atoms with E-state index in [1.165, 1.54) is 6.92 Å². The first-order valence-electron chi connectivity index (χ1n) is 6.07. The van der Waals surface area contributed by atoms with E-state index in [-0.39, 0.29) is 11.8 Å². The van der Waals surface area contributed by atoms with E-state index in [1.807, 2.05) is 0 Å². The lowest BCUT2D eigenvalue weighted by molar-refractivity contribution is -0.114. The van der Waals surface area contributed by atoms with Crippen LogP contribution in [-0.4, -0.2) is 16.4 Å². The molecule has 0 aliphatic carbocycles. The first-order valence-corrected chi connectivity index (χ1v) is 7.24. The summed E-state index contributed by atoms with van der Waals surface area (Å²) in [6, 6.07) is 6.62. The Labute approximate surface area is 135 Å². The summed E-state index contributed by atoms with van der Waals surface area (Å²) < 4.78 is 2.54. The van der Waals surface area contributed by atoms with Crippen molar-refractivity contribution in [2.45, 2.75) is 6.92 Å². The molecule has 0 spiro atoms. The van der Waals surface area contributed by atoms with Crippen LogP contribution in [0.5, 0.6) is 0 Å². The van der Waals surface area contributed by atoms with Gasteiger partial charge >= 0.3 is 0 Å². The predicted molar refractivity (Wildman–Crippen MR) is 86.8 cm³/mol. The molecule has 1 heterocycles. The lowest BCUT2D eigenvalue weighted by Gasteiger charge is -2.09. The third-order valence-corrected chi connectivity index (χ3v) is 3.49. The van der Waals surface area contributed by atoms with Crippen molar-refractivity contribution in [2.75, 3.05) is 10.6 Å². The molecule has 0 unspecified atom stereocenters. The number of aryl methyl sites for hydroxylation is 1. The Kier molecular flexibility index (Phi) is 4.69. The highest BCUT2D eigenvalue weighted by atomic mass is 79.9. The zero-order valence-electron chi connectivity index (χ0n) is 11.4. The van der Waals surface area contributed by atoms with Gasteiger partial charge in [0.2, 0.25) is 5.91 Å². The number of amides is 2. The molecule has 1 aromatic heterocycles. The van der Waals surface area contributed by atoms with Crippen molar-refractivity contribution in [2.24, 2.45) is 7.05 Å². The first-order chi connectivity index (χ1) is 9.86. The van der Waals surface area contributed by atoms with Crippen LogP contribution in [0.25, 0.3) is 0 Å². The van der Waals surface area contributed by atoms with Crippen LogP contribution < -0.4 is 10.6 Å². The van der Waals surface area contributed by atoms with Crippen molar-refractivity contribution in [1.82, 2.24) is 4.57 Å². The summed E-state index contributed by atoms with van der Waals surface area (Å²) in [5, 5.41) is 5.72. The molecule has 0 saturated heterocycles. The smallest absolute Gasteiger partial charge is 0.272 e. The maximum absolute atomic E-state index is 12.2. The van der Waals surface area contributed by atoms with E-state index in [2.05, 4.69) is 26.6 Å². The largest absolute Gasteiger partial charge is 0.345 e. The Hall–Kier alpha value is -1.79. The van der Waals surface area contributed by atoms with Crippen LogP contribution in [-0.2, 0) is 11.8 Å². The lowest BCUT2D eigenvalue weighted by atomic mass is 10.2. The molecule has 0 aliphatic rings. The number of carbonyl (C=O) groups is 2. The molecular weight excluding hydrogens is 358 g/mol. The van der Waals surface area contributed by atoms with Gasteiger partial charge in [-0.2, -0.15) is 0 Å². The van der Waals surface area contributed by atoms with Crippen molar-refractivity contribution < 1.29 is 9.59 Å². The molecular formula is C14H13BrClN3O2. The van der Waals surface area contributed by atoms with Gasteiger partial charge in [-0.1, -0.05) is 11.6 Å². The Morgan fingerprint density at radius 2 is 1.95 bits per heavy atom. The molecule has 1 aromatic carbocycles. The SMILES string of the molecule is CC(=O)Nc1ccc(NC(=O)c2cc(Br)cn2C)cc1Cl. The third-order valence-electron chi connectivity index (χ3n) is 2.74. The van der Waals surface area contributed by atoms with Crippen LogP contribution in [0.3, 0.4) is 0 Å². The quantitative estimate of drug-likeness (QED) is 0.866. The number of rotatable bonds is 3. The number of nitrogens with one attached hydrogen (secondary N) is 2. The van der Waals surface area contributed by atoms with Crippen LogP contribution in [0.4, 0.5) is 11.4 Å². The van der Waals surface area contributed by atoms with E-state index in [9.17, 15) is 9.59 Å². The number of benzene rings is 1. The van der Waals surface area contributed by atoms with E-state index in [0.29, 0.717) is 22.1 Å². The van der Waals surface area contributed by atoms with Gasteiger partial charge in [0.25, 0.3) is 5.91 Å². The molecule has 2 aromatic rings. The fourth-order valence-corrected chi connectivity index (χ4v) is 2.58. The van der Waals surface area contributed by atoms with E-state index in [1.54, 1.807) is 42.1 Å². The van der Waals surface area contributed by atoms with Gasteiger partial charge in [0.15, 0.2) is 0 Å². The van der Waals surface area contributed by atoms with Gasteiger partial charge in [-0.3, -0.25) is 9.59 Å². The maximum Gasteiger partial charge on any atom is 0.272 e. The molecule has 0 radical (unpaired) electrons. The standard InChI is InChI=1S/C14H13BrClN3O2/c1-8(20)17-12-4-3-10(6-11(12)16)18-14(21)13-5-9(15)7-19(13)2/h3-7H,1-2H3,(H,17,20)(H,18,21). The fourth-order valence-electron chi connectivity index (χ4n) is 1.83. The number of hydrogen-bond donors (Lipinski definition) is 2. The molecule has 0 fully saturated rings. The Morgan fingerprint density at radius 1 is 1.24 bits per heavy atom. The number of nitrogens with zero attached hydrogens (tertiary/aromatic N) is 1. The van der Waals surface area contributed by atoms with Crippen LogP contribution >= 0.6 is 27.5 Å². The van der Waals surface area contributed by atoms with Crippen molar-refractivity contribution >= 4 is 50.7 Å². The monoisotopic (exact) mass is 369 g/mol. The summed E-state index contributed by atoms with van der Waals surface area (Å²) in [6.45, 7) is 1.40. The number of hydrogen-bond acceptors (Lipinski definition) is 2. The summed E-state index contributed by atoms with van der Waals surface area (Å²) in [7, 11) is 1.78. The minimum absolute atomic E-state index is 0.206. The van der Waals surface area contributed by atoms with Crippen LogP contribution in [0, 0.1) is 0 Å². The van der Waals surface area contributed by atoms with Crippen molar-refractivity contribution in [3.8, 4) is 0 Å².